The molecule has 0 aliphatic heterocycles. The van der Waals surface area contributed by atoms with Crippen molar-refractivity contribution in [3.63, 3.8) is 0 Å². The fourth-order valence-electron chi connectivity index (χ4n) is 2.76. The van der Waals surface area contributed by atoms with Crippen LogP contribution in [0, 0.1) is 0 Å². The lowest BCUT2D eigenvalue weighted by Gasteiger charge is -2.12. The molecule has 0 aliphatic carbocycles. The van der Waals surface area contributed by atoms with Crippen LogP contribution in [-0.2, 0) is 0 Å². The molecule has 0 fully saturated rings. The van der Waals surface area contributed by atoms with Crippen LogP contribution in [-0.4, -0.2) is 16.0 Å². The van der Waals surface area contributed by atoms with Crippen molar-refractivity contribution in [1.29, 1.82) is 0 Å². The Balaban J connectivity index is 1.52. The highest BCUT2D eigenvalue weighted by Gasteiger charge is 2.14. The Morgan fingerprint density at radius 2 is 1.77 bits per heavy atom. The first-order valence-corrected chi connectivity index (χ1v) is 11.0. The van der Waals surface area contributed by atoms with Crippen molar-refractivity contribution in [3.8, 4) is 10.6 Å². The molecule has 0 saturated carbocycles. The number of hydrogen-bond donors (Lipinski definition) is 2. The van der Waals surface area contributed by atoms with E-state index in [2.05, 4.69) is 15.6 Å². The highest BCUT2D eigenvalue weighted by atomic mass is 35.5. The molecular weight excluding hydrogens is 481 g/mol. The molecule has 0 atom stereocenters. The van der Waals surface area contributed by atoms with Crippen LogP contribution in [0.3, 0.4) is 0 Å². The van der Waals surface area contributed by atoms with Gasteiger partial charge in [-0.2, -0.15) is 0 Å². The van der Waals surface area contributed by atoms with Gasteiger partial charge in [-0.05, 0) is 60.7 Å². The summed E-state index contributed by atoms with van der Waals surface area (Å²) in [4.78, 5) is 17.1. The molecular formula is C21H12Cl3N3OS2. The summed E-state index contributed by atoms with van der Waals surface area (Å²) in [7, 11) is 0. The van der Waals surface area contributed by atoms with E-state index in [4.69, 9.17) is 47.0 Å². The van der Waals surface area contributed by atoms with E-state index in [-0.39, 0.29) is 15.7 Å². The number of halogens is 3. The van der Waals surface area contributed by atoms with Crippen molar-refractivity contribution in [3.05, 3.63) is 81.3 Å². The fraction of sp³-hybridized carbons (Fsp3) is 0. The van der Waals surface area contributed by atoms with Gasteiger partial charge in [0.25, 0.3) is 5.91 Å². The summed E-state index contributed by atoms with van der Waals surface area (Å²) in [5.74, 6) is -0.436. The molecule has 4 aromatic rings. The van der Waals surface area contributed by atoms with Crippen LogP contribution in [0.1, 0.15) is 10.4 Å². The summed E-state index contributed by atoms with van der Waals surface area (Å²) in [6, 6.07) is 17.9. The van der Waals surface area contributed by atoms with E-state index >= 15 is 0 Å². The number of amides is 1. The number of nitrogens with zero attached hydrogens (tertiary/aromatic N) is 1. The van der Waals surface area contributed by atoms with E-state index in [1.165, 1.54) is 12.1 Å². The average molecular weight is 493 g/mol. The van der Waals surface area contributed by atoms with Gasteiger partial charge >= 0.3 is 0 Å². The zero-order valence-corrected chi connectivity index (χ0v) is 19.0. The number of nitrogens with one attached hydrogen (secondary N) is 2. The van der Waals surface area contributed by atoms with E-state index in [9.17, 15) is 4.79 Å². The van der Waals surface area contributed by atoms with Crippen LogP contribution in [0.5, 0.6) is 0 Å². The Bertz CT molecular complexity index is 1260. The number of aromatic nitrogens is 1. The van der Waals surface area contributed by atoms with Gasteiger partial charge in [0.15, 0.2) is 5.11 Å². The Morgan fingerprint density at radius 3 is 2.53 bits per heavy atom. The second-order valence-electron chi connectivity index (χ2n) is 6.21. The van der Waals surface area contributed by atoms with Crippen LogP contribution in [0.25, 0.3) is 20.8 Å². The maximum absolute atomic E-state index is 12.4. The van der Waals surface area contributed by atoms with Gasteiger partial charge in [-0.3, -0.25) is 10.1 Å². The Kier molecular flexibility index (Phi) is 6.22. The molecule has 4 nitrogen and oxygen atoms in total. The van der Waals surface area contributed by atoms with E-state index < -0.39 is 5.91 Å². The molecule has 0 unspecified atom stereocenters. The minimum atomic E-state index is -0.436. The van der Waals surface area contributed by atoms with Crippen molar-refractivity contribution in [2.45, 2.75) is 0 Å². The van der Waals surface area contributed by atoms with E-state index in [1.807, 2.05) is 30.3 Å². The summed E-state index contributed by atoms with van der Waals surface area (Å²) in [6.45, 7) is 0. The molecule has 1 aromatic heterocycles. The third-order valence-corrected chi connectivity index (χ3v) is 6.30. The number of benzene rings is 3. The van der Waals surface area contributed by atoms with Gasteiger partial charge in [0.05, 0.1) is 25.8 Å². The molecule has 1 amide bonds. The number of fused-ring (bicyclic) bond motifs is 1. The topological polar surface area (TPSA) is 54.0 Å². The van der Waals surface area contributed by atoms with Gasteiger partial charge in [-0.1, -0.05) is 46.9 Å². The summed E-state index contributed by atoms with van der Waals surface area (Å²) in [5.41, 5.74) is 2.63. The molecule has 0 spiro atoms. The third kappa shape index (κ3) is 4.58. The molecule has 0 radical (unpaired) electrons. The van der Waals surface area contributed by atoms with Gasteiger partial charge in [0.2, 0.25) is 0 Å². The molecule has 4 rings (SSSR count). The van der Waals surface area contributed by atoms with E-state index in [0.29, 0.717) is 15.7 Å². The lowest BCUT2D eigenvalue weighted by molar-refractivity contribution is 0.0978. The predicted octanol–water partition coefficient (Wildman–Crippen LogP) is 7.05. The Labute approximate surface area is 196 Å². The van der Waals surface area contributed by atoms with Crippen LogP contribution in [0.2, 0.25) is 15.1 Å². The molecule has 1 heterocycles. The van der Waals surface area contributed by atoms with Crippen LogP contribution in [0.4, 0.5) is 5.69 Å². The highest BCUT2D eigenvalue weighted by Crippen LogP contribution is 2.35. The largest absolute Gasteiger partial charge is 0.332 e. The number of thiazole rings is 1. The van der Waals surface area contributed by atoms with Crippen molar-refractivity contribution >= 4 is 85.3 Å². The standard InChI is InChI=1S/C21H12Cl3N3OS2/c22-11-5-7-13(16(24)9-11)19(28)27-21(29)25-12-6-8-15(23)14(10-12)20-26-17-3-1-2-4-18(17)30-20/h1-10H,(H2,25,27,28,29). The smallest absolute Gasteiger partial charge is 0.258 e. The zero-order valence-electron chi connectivity index (χ0n) is 15.1. The number of thiocarbonyl (C=S) groups is 1. The minimum Gasteiger partial charge on any atom is -0.332 e. The zero-order chi connectivity index (χ0) is 21.3. The minimum absolute atomic E-state index is 0.128. The molecule has 30 heavy (non-hydrogen) atoms. The van der Waals surface area contributed by atoms with E-state index in [1.54, 1.807) is 29.5 Å². The quantitative estimate of drug-likeness (QED) is 0.301. The second-order valence-corrected chi connectivity index (χ2v) is 8.90. The summed E-state index contributed by atoms with van der Waals surface area (Å²) < 4.78 is 1.07. The number of anilines is 1. The Hall–Kier alpha value is -2.22. The molecule has 0 saturated heterocycles. The monoisotopic (exact) mass is 491 g/mol. The molecule has 0 aliphatic rings. The van der Waals surface area contributed by atoms with Crippen molar-refractivity contribution in [1.82, 2.24) is 10.3 Å². The summed E-state index contributed by atoms with van der Waals surface area (Å²) in [6.07, 6.45) is 0. The summed E-state index contributed by atoms with van der Waals surface area (Å²) >= 11 is 25.2. The van der Waals surface area contributed by atoms with Gasteiger partial charge in [-0.25, -0.2) is 4.98 Å². The van der Waals surface area contributed by atoms with Crippen LogP contribution >= 0.6 is 58.4 Å². The van der Waals surface area contributed by atoms with E-state index in [0.717, 1.165) is 20.8 Å². The first kappa shape index (κ1) is 21.0. The van der Waals surface area contributed by atoms with Crippen molar-refractivity contribution < 1.29 is 4.79 Å². The molecule has 9 heteroatoms. The van der Waals surface area contributed by atoms with Gasteiger partial charge in [0, 0.05) is 16.3 Å². The normalized spacial score (nSPS) is 10.8. The van der Waals surface area contributed by atoms with Gasteiger partial charge in [0.1, 0.15) is 5.01 Å². The Morgan fingerprint density at radius 1 is 0.967 bits per heavy atom. The van der Waals surface area contributed by atoms with Crippen LogP contribution in [0.15, 0.2) is 60.7 Å². The number of carbonyl (C=O) groups is 1. The first-order valence-electron chi connectivity index (χ1n) is 8.63. The molecule has 150 valence electrons. The average Bonchev–Trinajstić information content (AvgIpc) is 3.13. The third-order valence-electron chi connectivity index (χ3n) is 4.15. The number of rotatable bonds is 3. The fourth-order valence-corrected chi connectivity index (χ4v) is 4.72. The number of para-hydroxylation sites is 1. The lowest BCUT2D eigenvalue weighted by Crippen LogP contribution is -2.34. The molecule has 2 N–H and O–H groups in total. The lowest BCUT2D eigenvalue weighted by atomic mass is 10.2. The second kappa shape index (κ2) is 8.88. The maximum atomic E-state index is 12.4. The van der Waals surface area contributed by atoms with Crippen molar-refractivity contribution in [2.24, 2.45) is 0 Å². The first-order chi connectivity index (χ1) is 14.4. The number of hydrogen-bond acceptors (Lipinski definition) is 4. The van der Waals surface area contributed by atoms with Crippen LogP contribution < -0.4 is 10.6 Å². The molecule has 3 aromatic carbocycles. The number of carbonyl (C=O) groups excluding carboxylic acids is 1. The van der Waals surface area contributed by atoms with Crippen molar-refractivity contribution in [2.75, 3.05) is 5.32 Å². The van der Waals surface area contributed by atoms with Gasteiger partial charge in [-0.15, -0.1) is 11.3 Å². The summed E-state index contributed by atoms with van der Waals surface area (Å²) in [5, 5.41) is 7.79. The molecule has 0 bridgehead atoms. The maximum Gasteiger partial charge on any atom is 0.258 e. The SMILES string of the molecule is O=C(NC(=S)Nc1ccc(Cl)c(-c2nc3ccccc3s2)c1)c1ccc(Cl)cc1Cl. The predicted molar refractivity (Wildman–Crippen MR) is 130 cm³/mol. The van der Waals surface area contributed by atoms with Gasteiger partial charge < -0.3 is 5.32 Å². The highest BCUT2D eigenvalue weighted by molar-refractivity contribution is 7.80.